The maximum atomic E-state index is 5.78. The minimum absolute atomic E-state index is 0.240. The van der Waals surface area contributed by atoms with Crippen LogP contribution in [0.4, 0.5) is 0 Å². The van der Waals surface area contributed by atoms with Crippen LogP contribution in [0.5, 0.6) is 0 Å². The lowest BCUT2D eigenvalue weighted by Gasteiger charge is -2.19. The van der Waals surface area contributed by atoms with Crippen molar-refractivity contribution in [2.45, 2.75) is 45.6 Å². The van der Waals surface area contributed by atoms with Gasteiger partial charge in [0.05, 0.1) is 0 Å². The summed E-state index contributed by atoms with van der Waals surface area (Å²) in [5, 5.41) is 3.53. The summed E-state index contributed by atoms with van der Waals surface area (Å²) in [5.41, 5.74) is 9.19. The molecule has 0 atom stereocenters. The van der Waals surface area contributed by atoms with Crippen LogP contribution in [0.3, 0.4) is 0 Å². The predicted octanol–water partition coefficient (Wildman–Crippen LogP) is 2.81. The van der Waals surface area contributed by atoms with Crippen LogP contribution < -0.4 is 11.1 Å². The van der Waals surface area contributed by atoms with Crippen molar-refractivity contribution in [3.8, 4) is 0 Å². The summed E-state index contributed by atoms with van der Waals surface area (Å²) in [6.07, 6.45) is 2.58. The van der Waals surface area contributed by atoms with Crippen LogP contribution in [-0.4, -0.2) is 13.1 Å². The van der Waals surface area contributed by atoms with Crippen LogP contribution in [0.2, 0.25) is 0 Å². The topological polar surface area (TPSA) is 38.0 Å². The number of rotatable bonds is 5. The summed E-state index contributed by atoms with van der Waals surface area (Å²) in [7, 11) is 0. The highest BCUT2D eigenvalue weighted by molar-refractivity contribution is 5.27. The molecular weight excluding hydrogens is 220 g/mol. The van der Waals surface area contributed by atoms with E-state index in [0.29, 0.717) is 5.41 Å². The van der Waals surface area contributed by atoms with Gasteiger partial charge in [-0.1, -0.05) is 45.0 Å². The van der Waals surface area contributed by atoms with Crippen molar-refractivity contribution < 1.29 is 0 Å². The van der Waals surface area contributed by atoms with Gasteiger partial charge < -0.3 is 11.1 Å². The lowest BCUT2D eigenvalue weighted by Crippen LogP contribution is -2.29. The lowest BCUT2D eigenvalue weighted by atomic mass is 9.87. The number of nitrogens with one attached hydrogen (secondary N) is 1. The molecular formula is C16H26N2. The van der Waals surface area contributed by atoms with Crippen molar-refractivity contribution >= 4 is 0 Å². The van der Waals surface area contributed by atoms with Gasteiger partial charge in [0.15, 0.2) is 0 Å². The molecule has 100 valence electrons. The summed E-state index contributed by atoms with van der Waals surface area (Å²) >= 11 is 0. The average Bonchev–Trinajstić information content (AvgIpc) is 3.09. The van der Waals surface area contributed by atoms with Gasteiger partial charge in [-0.05, 0) is 41.3 Å². The van der Waals surface area contributed by atoms with E-state index in [9.17, 15) is 0 Å². The first kappa shape index (κ1) is 13.6. The summed E-state index contributed by atoms with van der Waals surface area (Å²) in [5.74, 6) is 0. The first-order valence-electron chi connectivity index (χ1n) is 6.95. The van der Waals surface area contributed by atoms with Gasteiger partial charge in [0, 0.05) is 13.1 Å². The third kappa shape index (κ3) is 3.33. The van der Waals surface area contributed by atoms with E-state index >= 15 is 0 Å². The van der Waals surface area contributed by atoms with Crippen LogP contribution in [0.15, 0.2) is 24.3 Å². The van der Waals surface area contributed by atoms with Crippen LogP contribution in [0.25, 0.3) is 0 Å². The van der Waals surface area contributed by atoms with E-state index in [1.165, 1.54) is 24.0 Å². The molecule has 0 radical (unpaired) electrons. The normalized spacial score (nSPS) is 17.8. The van der Waals surface area contributed by atoms with Gasteiger partial charge in [0.25, 0.3) is 0 Å². The Balaban J connectivity index is 1.83. The summed E-state index contributed by atoms with van der Waals surface area (Å²) in [6, 6.07) is 8.95. The SMILES string of the molecule is CC(C)(C)c1ccc(CNCC2(CN)CC2)cc1. The minimum Gasteiger partial charge on any atom is -0.330 e. The van der Waals surface area contributed by atoms with E-state index < -0.39 is 0 Å². The zero-order valence-corrected chi connectivity index (χ0v) is 11.9. The van der Waals surface area contributed by atoms with Gasteiger partial charge in [-0.25, -0.2) is 0 Å². The highest BCUT2D eigenvalue weighted by Crippen LogP contribution is 2.43. The molecule has 18 heavy (non-hydrogen) atoms. The van der Waals surface area contributed by atoms with Gasteiger partial charge in [-0.3, -0.25) is 0 Å². The molecule has 2 nitrogen and oxygen atoms in total. The fraction of sp³-hybridized carbons (Fsp3) is 0.625. The maximum Gasteiger partial charge on any atom is 0.0205 e. The molecule has 2 heteroatoms. The van der Waals surface area contributed by atoms with Gasteiger partial charge in [0.2, 0.25) is 0 Å². The quantitative estimate of drug-likeness (QED) is 0.838. The Morgan fingerprint density at radius 2 is 1.78 bits per heavy atom. The largest absolute Gasteiger partial charge is 0.330 e. The summed E-state index contributed by atoms with van der Waals surface area (Å²) < 4.78 is 0. The fourth-order valence-corrected chi connectivity index (χ4v) is 2.22. The Labute approximate surface area is 111 Å². The maximum absolute atomic E-state index is 5.78. The molecule has 0 unspecified atom stereocenters. The first-order chi connectivity index (χ1) is 8.45. The molecule has 0 amide bonds. The van der Waals surface area contributed by atoms with Gasteiger partial charge in [-0.2, -0.15) is 0 Å². The fourth-order valence-electron chi connectivity index (χ4n) is 2.22. The molecule has 0 aliphatic heterocycles. The van der Waals surface area contributed by atoms with E-state index in [1.807, 2.05) is 0 Å². The smallest absolute Gasteiger partial charge is 0.0205 e. The van der Waals surface area contributed by atoms with Crippen LogP contribution in [0, 0.1) is 5.41 Å². The molecule has 1 aromatic rings. The Hall–Kier alpha value is -0.860. The van der Waals surface area contributed by atoms with Crippen LogP contribution in [0.1, 0.15) is 44.7 Å². The molecule has 1 aromatic carbocycles. The van der Waals surface area contributed by atoms with Crippen LogP contribution in [-0.2, 0) is 12.0 Å². The van der Waals surface area contributed by atoms with E-state index in [4.69, 9.17) is 5.73 Å². The molecule has 1 fully saturated rings. The highest BCUT2D eigenvalue weighted by atomic mass is 14.9. The van der Waals surface area contributed by atoms with Crippen LogP contribution >= 0.6 is 0 Å². The third-order valence-electron chi connectivity index (χ3n) is 4.04. The van der Waals surface area contributed by atoms with Gasteiger partial charge in [0.1, 0.15) is 0 Å². The van der Waals surface area contributed by atoms with Gasteiger partial charge >= 0.3 is 0 Å². The molecule has 0 aromatic heterocycles. The number of benzene rings is 1. The van der Waals surface area contributed by atoms with Crippen molar-refractivity contribution in [2.24, 2.45) is 11.1 Å². The minimum atomic E-state index is 0.240. The zero-order valence-electron chi connectivity index (χ0n) is 11.9. The second kappa shape index (κ2) is 5.02. The Kier molecular flexibility index (Phi) is 3.79. The second-order valence-corrected chi connectivity index (χ2v) is 6.75. The van der Waals surface area contributed by atoms with E-state index in [-0.39, 0.29) is 5.41 Å². The number of hydrogen-bond acceptors (Lipinski definition) is 2. The van der Waals surface area contributed by atoms with Crippen molar-refractivity contribution in [2.75, 3.05) is 13.1 Å². The average molecular weight is 246 g/mol. The monoisotopic (exact) mass is 246 g/mol. The van der Waals surface area contributed by atoms with Gasteiger partial charge in [-0.15, -0.1) is 0 Å². The molecule has 0 heterocycles. The molecule has 1 aliphatic carbocycles. The molecule has 3 N–H and O–H groups in total. The molecule has 1 aliphatic rings. The Morgan fingerprint density at radius 1 is 1.17 bits per heavy atom. The summed E-state index contributed by atoms with van der Waals surface area (Å²) in [6.45, 7) is 9.58. The van der Waals surface area contributed by atoms with E-state index in [1.54, 1.807) is 0 Å². The Bertz CT molecular complexity index is 383. The van der Waals surface area contributed by atoms with Crippen molar-refractivity contribution in [1.29, 1.82) is 0 Å². The standard InChI is InChI=1S/C16H26N2/c1-15(2,3)14-6-4-13(5-7-14)10-18-12-16(11-17)8-9-16/h4-7,18H,8-12,17H2,1-3H3. The molecule has 0 saturated heterocycles. The summed E-state index contributed by atoms with van der Waals surface area (Å²) in [4.78, 5) is 0. The van der Waals surface area contributed by atoms with E-state index in [2.05, 4.69) is 50.4 Å². The van der Waals surface area contributed by atoms with Crippen molar-refractivity contribution in [3.05, 3.63) is 35.4 Å². The second-order valence-electron chi connectivity index (χ2n) is 6.75. The number of hydrogen-bond donors (Lipinski definition) is 2. The molecule has 0 spiro atoms. The van der Waals surface area contributed by atoms with E-state index in [0.717, 1.165) is 19.6 Å². The zero-order chi connectivity index (χ0) is 13.2. The van der Waals surface area contributed by atoms with Crippen molar-refractivity contribution in [1.82, 2.24) is 5.32 Å². The Morgan fingerprint density at radius 3 is 2.22 bits per heavy atom. The third-order valence-corrected chi connectivity index (χ3v) is 4.04. The van der Waals surface area contributed by atoms with Crippen molar-refractivity contribution in [3.63, 3.8) is 0 Å². The molecule has 0 bridgehead atoms. The number of nitrogens with two attached hydrogens (primary N) is 1. The first-order valence-corrected chi connectivity index (χ1v) is 6.95. The predicted molar refractivity (Wildman–Crippen MR) is 77.6 cm³/mol. The highest BCUT2D eigenvalue weighted by Gasteiger charge is 2.40. The molecule has 1 saturated carbocycles. The lowest BCUT2D eigenvalue weighted by molar-refractivity contribution is 0.467. The molecule has 2 rings (SSSR count).